The predicted octanol–water partition coefficient (Wildman–Crippen LogP) is 2.61. The second-order valence-electron chi connectivity index (χ2n) is 6.23. The minimum Gasteiger partial charge on any atom is -0.466 e. The first-order valence-electron chi connectivity index (χ1n) is 8.42. The highest BCUT2D eigenvalue weighted by atomic mass is 16.5. The predicted molar refractivity (Wildman–Crippen MR) is 93.6 cm³/mol. The average Bonchev–Trinajstić information content (AvgIpc) is 3.07. The number of esters is 1. The quantitative estimate of drug-likeness (QED) is 0.603. The van der Waals surface area contributed by atoms with E-state index in [4.69, 9.17) is 0 Å². The second-order valence-corrected chi connectivity index (χ2v) is 6.23. The van der Waals surface area contributed by atoms with Crippen LogP contribution in [0.25, 0.3) is 11.0 Å². The van der Waals surface area contributed by atoms with E-state index in [1.54, 1.807) is 6.20 Å². The zero-order chi connectivity index (χ0) is 16.8. The number of hydrogen-bond acceptors (Lipinski definition) is 5. The number of fused-ring (bicyclic) bond motifs is 1. The van der Waals surface area contributed by atoms with Gasteiger partial charge in [0, 0.05) is 36.4 Å². The number of carbonyl (C=O) groups is 1. The fourth-order valence-electron chi connectivity index (χ4n) is 3.16. The van der Waals surface area contributed by atoms with Crippen molar-refractivity contribution in [2.45, 2.75) is 19.3 Å². The Morgan fingerprint density at radius 3 is 3.21 bits per heavy atom. The molecular formula is C19H23N3O2. The summed E-state index contributed by atoms with van der Waals surface area (Å²) in [6.45, 7) is 2.98. The minimum atomic E-state index is -0.290. The van der Waals surface area contributed by atoms with Gasteiger partial charge in [0.2, 0.25) is 0 Å². The maximum absolute atomic E-state index is 11.1. The van der Waals surface area contributed by atoms with Crippen molar-refractivity contribution in [2.75, 3.05) is 26.7 Å². The zero-order valence-electron chi connectivity index (χ0n) is 14.0. The number of hydrogen-bond donors (Lipinski definition) is 0. The summed E-state index contributed by atoms with van der Waals surface area (Å²) in [4.78, 5) is 22.4. The SMILES string of the molecule is COC(=O)/C=C/CN1CC[C@@H](CCc2ccc3cccnc3n2)C1. The fourth-order valence-corrected chi connectivity index (χ4v) is 3.16. The van der Waals surface area contributed by atoms with Crippen molar-refractivity contribution in [3.8, 4) is 0 Å². The third kappa shape index (κ3) is 4.38. The van der Waals surface area contributed by atoms with Gasteiger partial charge in [-0.2, -0.15) is 0 Å². The van der Waals surface area contributed by atoms with Crippen LogP contribution >= 0.6 is 0 Å². The Morgan fingerprint density at radius 1 is 1.42 bits per heavy atom. The third-order valence-electron chi connectivity index (χ3n) is 4.52. The first kappa shape index (κ1) is 16.6. The Balaban J connectivity index is 1.47. The molecule has 1 atom stereocenters. The average molecular weight is 325 g/mol. The van der Waals surface area contributed by atoms with Gasteiger partial charge in [0.1, 0.15) is 0 Å². The number of nitrogens with zero attached hydrogens (tertiary/aromatic N) is 3. The highest BCUT2D eigenvalue weighted by Gasteiger charge is 2.21. The molecule has 1 fully saturated rings. The van der Waals surface area contributed by atoms with E-state index in [0.717, 1.165) is 49.2 Å². The van der Waals surface area contributed by atoms with E-state index in [0.29, 0.717) is 5.92 Å². The lowest BCUT2D eigenvalue weighted by atomic mass is 10.0. The van der Waals surface area contributed by atoms with E-state index in [-0.39, 0.29) is 5.97 Å². The van der Waals surface area contributed by atoms with E-state index in [1.165, 1.54) is 19.6 Å². The van der Waals surface area contributed by atoms with E-state index >= 15 is 0 Å². The molecule has 3 heterocycles. The number of carbonyl (C=O) groups excluding carboxylic acids is 1. The molecule has 2 aromatic heterocycles. The summed E-state index contributed by atoms with van der Waals surface area (Å²) in [5, 5.41) is 1.09. The molecule has 1 saturated heterocycles. The van der Waals surface area contributed by atoms with Crippen LogP contribution in [0, 0.1) is 5.92 Å². The topological polar surface area (TPSA) is 55.3 Å². The second kappa shape index (κ2) is 8.02. The van der Waals surface area contributed by atoms with Crippen LogP contribution in [0.1, 0.15) is 18.5 Å². The molecule has 0 N–H and O–H groups in total. The Morgan fingerprint density at radius 2 is 2.33 bits per heavy atom. The molecule has 0 aliphatic carbocycles. The van der Waals surface area contributed by atoms with Crippen LogP contribution in [0.2, 0.25) is 0 Å². The Kier molecular flexibility index (Phi) is 5.54. The summed E-state index contributed by atoms with van der Waals surface area (Å²) in [6.07, 6.45) is 8.50. The molecular weight excluding hydrogens is 302 g/mol. The van der Waals surface area contributed by atoms with Crippen LogP contribution < -0.4 is 0 Å². The Labute approximate surface area is 142 Å². The molecule has 1 aliphatic rings. The summed E-state index contributed by atoms with van der Waals surface area (Å²) >= 11 is 0. The van der Waals surface area contributed by atoms with Crippen molar-refractivity contribution in [3.05, 3.63) is 48.3 Å². The first-order valence-corrected chi connectivity index (χ1v) is 8.42. The largest absolute Gasteiger partial charge is 0.466 e. The van der Waals surface area contributed by atoms with Crippen LogP contribution in [0.5, 0.6) is 0 Å². The summed E-state index contributed by atoms with van der Waals surface area (Å²) < 4.78 is 4.60. The number of ether oxygens (including phenoxy) is 1. The van der Waals surface area contributed by atoms with Crippen LogP contribution in [-0.4, -0.2) is 47.6 Å². The third-order valence-corrected chi connectivity index (χ3v) is 4.52. The van der Waals surface area contributed by atoms with Gasteiger partial charge < -0.3 is 4.74 Å². The number of rotatable bonds is 6. The summed E-state index contributed by atoms with van der Waals surface area (Å²) in [5.41, 5.74) is 1.95. The number of methoxy groups -OCH3 is 1. The van der Waals surface area contributed by atoms with Gasteiger partial charge in [-0.05, 0) is 56.0 Å². The molecule has 3 rings (SSSR count). The van der Waals surface area contributed by atoms with Crippen LogP contribution in [0.4, 0.5) is 0 Å². The number of aryl methyl sites for hydroxylation is 1. The molecule has 5 nitrogen and oxygen atoms in total. The zero-order valence-corrected chi connectivity index (χ0v) is 14.0. The van der Waals surface area contributed by atoms with Crippen LogP contribution in [0.3, 0.4) is 0 Å². The summed E-state index contributed by atoms with van der Waals surface area (Å²) in [5.74, 6) is 0.402. The van der Waals surface area contributed by atoms with Gasteiger partial charge in [-0.25, -0.2) is 14.8 Å². The fraction of sp³-hybridized carbons (Fsp3) is 0.421. The van der Waals surface area contributed by atoms with E-state index in [1.807, 2.05) is 18.2 Å². The molecule has 24 heavy (non-hydrogen) atoms. The highest BCUT2D eigenvalue weighted by molar-refractivity contribution is 5.81. The molecule has 2 aromatic rings. The molecule has 0 spiro atoms. The van der Waals surface area contributed by atoms with Crippen molar-refractivity contribution in [1.82, 2.24) is 14.9 Å². The van der Waals surface area contributed by atoms with Crippen molar-refractivity contribution in [2.24, 2.45) is 5.92 Å². The van der Waals surface area contributed by atoms with E-state index in [9.17, 15) is 4.79 Å². The monoisotopic (exact) mass is 325 g/mol. The molecule has 1 aliphatic heterocycles. The molecule has 5 heteroatoms. The molecule has 0 aromatic carbocycles. The molecule has 0 unspecified atom stereocenters. The molecule has 0 amide bonds. The number of likely N-dealkylation sites (tertiary alicyclic amines) is 1. The van der Waals surface area contributed by atoms with Crippen LogP contribution in [0.15, 0.2) is 42.6 Å². The van der Waals surface area contributed by atoms with Gasteiger partial charge in [0.25, 0.3) is 0 Å². The minimum absolute atomic E-state index is 0.290. The smallest absolute Gasteiger partial charge is 0.330 e. The maximum Gasteiger partial charge on any atom is 0.330 e. The van der Waals surface area contributed by atoms with Crippen molar-refractivity contribution < 1.29 is 9.53 Å². The summed E-state index contributed by atoms with van der Waals surface area (Å²) in [6, 6.07) is 8.18. The Hall–Kier alpha value is -2.27. The normalized spacial score (nSPS) is 18.5. The van der Waals surface area contributed by atoms with Gasteiger partial charge in [-0.3, -0.25) is 4.90 Å². The number of pyridine rings is 2. The molecule has 0 saturated carbocycles. The molecule has 126 valence electrons. The van der Waals surface area contributed by atoms with Gasteiger partial charge in [-0.15, -0.1) is 0 Å². The van der Waals surface area contributed by atoms with Crippen LogP contribution in [-0.2, 0) is 16.0 Å². The van der Waals surface area contributed by atoms with Crippen molar-refractivity contribution >= 4 is 17.0 Å². The lowest BCUT2D eigenvalue weighted by Gasteiger charge is -2.13. The lowest BCUT2D eigenvalue weighted by molar-refractivity contribution is -0.134. The van der Waals surface area contributed by atoms with Crippen molar-refractivity contribution in [1.29, 1.82) is 0 Å². The van der Waals surface area contributed by atoms with E-state index < -0.39 is 0 Å². The van der Waals surface area contributed by atoms with Crippen molar-refractivity contribution in [3.63, 3.8) is 0 Å². The molecule has 0 radical (unpaired) electrons. The first-order chi connectivity index (χ1) is 11.7. The lowest BCUT2D eigenvalue weighted by Crippen LogP contribution is -2.21. The highest BCUT2D eigenvalue weighted by Crippen LogP contribution is 2.21. The van der Waals surface area contributed by atoms with E-state index in [2.05, 4.69) is 31.7 Å². The van der Waals surface area contributed by atoms with Gasteiger partial charge in [0.15, 0.2) is 5.65 Å². The number of aromatic nitrogens is 2. The standard InChI is InChI=1S/C19H23N3O2/c1-24-18(23)5-3-12-22-13-10-15(14-22)6-8-17-9-7-16-4-2-11-20-19(16)21-17/h2-5,7,9,11,15H,6,8,10,12-14H2,1H3/b5-3+/t15-/m1/s1. The molecule has 0 bridgehead atoms. The summed E-state index contributed by atoms with van der Waals surface area (Å²) in [7, 11) is 1.40. The van der Waals surface area contributed by atoms with Gasteiger partial charge in [-0.1, -0.05) is 6.08 Å². The maximum atomic E-state index is 11.1. The van der Waals surface area contributed by atoms with Gasteiger partial charge >= 0.3 is 5.97 Å². The Bertz CT molecular complexity index is 729. The van der Waals surface area contributed by atoms with Gasteiger partial charge in [0.05, 0.1) is 7.11 Å².